The summed E-state index contributed by atoms with van der Waals surface area (Å²) in [5.41, 5.74) is 1.43. The summed E-state index contributed by atoms with van der Waals surface area (Å²) >= 11 is 0. The van der Waals surface area contributed by atoms with E-state index in [1.54, 1.807) is 12.1 Å². The van der Waals surface area contributed by atoms with Gasteiger partial charge in [-0.2, -0.15) is 8.42 Å². The zero-order valence-corrected chi connectivity index (χ0v) is 17.4. The number of hydrogen-bond acceptors (Lipinski definition) is 8. The van der Waals surface area contributed by atoms with Crippen LogP contribution in [0.3, 0.4) is 0 Å². The van der Waals surface area contributed by atoms with Gasteiger partial charge in [0.15, 0.2) is 0 Å². The van der Waals surface area contributed by atoms with E-state index >= 15 is 0 Å². The molecule has 2 heterocycles. The van der Waals surface area contributed by atoms with Gasteiger partial charge in [-0.15, -0.1) is 5.10 Å². The summed E-state index contributed by atoms with van der Waals surface area (Å²) in [6.45, 7) is 0.582. The lowest BCUT2D eigenvalue weighted by molar-refractivity contribution is 0.0947. The quantitative estimate of drug-likeness (QED) is 0.510. The van der Waals surface area contributed by atoms with Crippen molar-refractivity contribution < 1.29 is 22.1 Å². The van der Waals surface area contributed by atoms with Gasteiger partial charge in [-0.3, -0.25) is 0 Å². The van der Waals surface area contributed by atoms with Crippen LogP contribution < -0.4 is 4.18 Å². The summed E-state index contributed by atoms with van der Waals surface area (Å²) in [5, 5.41) is 10.9. The van der Waals surface area contributed by atoms with Gasteiger partial charge in [-0.05, 0) is 41.0 Å². The second-order valence-electron chi connectivity index (χ2n) is 7.09. The molecule has 0 saturated carbocycles. The molecule has 31 heavy (non-hydrogen) atoms. The van der Waals surface area contributed by atoms with Crippen LogP contribution in [0.25, 0.3) is 5.69 Å². The third-order valence-corrected chi connectivity index (χ3v) is 6.11. The SMILES string of the molecule is O=C(OCc1ccccc1)N1CCC[C@H]1CS(=O)(=O)Oc1cccc(-n2cnnn2)c1. The fourth-order valence-corrected chi connectivity index (χ4v) is 4.71. The number of carbonyl (C=O) groups is 1. The molecule has 4 rings (SSSR count). The van der Waals surface area contributed by atoms with Crippen LogP contribution in [0.2, 0.25) is 0 Å². The number of rotatable bonds is 7. The van der Waals surface area contributed by atoms with Crippen molar-refractivity contribution in [1.29, 1.82) is 0 Å². The first kappa shape index (κ1) is 20.8. The number of ether oxygens (including phenoxy) is 1. The van der Waals surface area contributed by atoms with Crippen LogP contribution in [0, 0.1) is 0 Å². The maximum Gasteiger partial charge on any atom is 0.410 e. The lowest BCUT2D eigenvalue weighted by atomic mass is 10.2. The molecule has 162 valence electrons. The zero-order chi connectivity index (χ0) is 21.7. The monoisotopic (exact) mass is 443 g/mol. The number of hydrogen-bond donors (Lipinski definition) is 0. The summed E-state index contributed by atoms with van der Waals surface area (Å²) in [5.74, 6) is -0.174. The molecule has 1 saturated heterocycles. The molecule has 10 nitrogen and oxygen atoms in total. The number of carbonyl (C=O) groups excluding carboxylic acids is 1. The summed E-state index contributed by atoms with van der Waals surface area (Å²) < 4.78 is 37.3. The third kappa shape index (κ3) is 5.37. The molecule has 1 atom stereocenters. The molecule has 1 fully saturated rings. The first-order valence-corrected chi connectivity index (χ1v) is 11.3. The molecule has 2 aromatic carbocycles. The van der Waals surface area contributed by atoms with Crippen molar-refractivity contribution in [1.82, 2.24) is 25.1 Å². The van der Waals surface area contributed by atoms with Crippen LogP contribution in [0.5, 0.6) is 5.75 Å². The first-order valence-electron chi connectivity index (χ1n) is 9.73. The molecule has 0 spiro atoms. The molecule has 11 heteroatoms. The van der Waals surface area contributed by atoms with Crippen molar-refractivity contribution in [2.45, 2.75) is 25.5 Å². The highest BCUT2D eigenvalue weighted by molar-refractivity contribution is 7.87. The van der Waals surface area contributed by atoms with E-state index in [1.807, 2.05) is 30.3 Å². The first-order chi connectivity index (χ1) is 15.0. The normalized spacial score (nSPS) is 16.3. The van der Waals surface area contributed by atoms with Crippen LogP contribution in [0.4, 0.5) is 4.79 Å². The maximum atomic E-state index is 12.7. The fourth-order valence-electron chi connectivity index (χ4n) is 3.43. The van der Waals surface area contributed by atoms with Crippen LogP contribution in [-0.2, 0) is 21.5 Å². The number of nitrogens with zero attached hydrogens (tertiary/aromatic N) is 5. The largest absolute Gasteiger partial charge is 0.445 e. The highest BCUT2D eigenvalue weighted by Gasteiger charge is 2.34. The number of aromatic nitrogens is 4. The molecule has 0 aliphatic carbocycles. The van der Waals surface area contributed by atoms with Crippen LogP contribution in [0.1, 0.15) is 18.4 Å². The molecule has 1 aliphatic rings. The van der Waals surface area contributed by atoms with Crippen molar-refractivity contribution in [2.75, 3.05) is 12.3 Å². The van der Waals surface area contributed by atoms with E-state index in [9.17, 15) is 13.2 Å². The van der Waals surface area contributed by atoms with Crippen LogP contribution in [-0.4, -0.2) is 58.0 Å². The maximum absolute atomic E-state index is 12.7. The van der Waals surface area contributed by atoms with Gasteiger partial charge in [0.05, 0.1) is 11.7 Å². The van der Waals surface area contributed by atoms with E-state index in [4.69, 9.17) is 8.92 Å². The van der Waals surface area contributed by atoms with Gasteiger partial charge < -0.3 is 13.8 Å². The fraction of sp³-hybridized carbons (Fsp3) is 0.300. The topological polar surface area (TPSA) is 117 Å². The average Bonchev–Trinajstić information content (AvgIpc) is 3.45. The van der Waals surface area contributed by atoms with Crippen molar-refractivity contribution in [2.24, 2.45) is 0 Å². The molecule has 0 bridgehead atoms. The van der Waals surface area contributed by atoms with Gasteiger partial charge >= 0.3 is 16.2 Å². The van der Waals surface area contributed by atoms with Crippen LogP contribution >= 0.6 is 0 Å². The molecule has 1 aliphatic heterocycles. The van der Waals surface area contributed by atoms with Gasteiger partial charge in [0, 0.05) is 12.6 Å². The van der Waals surface area contributed by atoms with E-state index in [0.29, 0.717) is 25.1 Å². The minimum Gasteiger partial charge on any atom is -0.445 e. The van der Waals surface area contributed by atoms with E-state index in [-0.39, 0.29) is 18.1 Å². The van der Waals surface area contributed by atoms with Gasteiger partial charge in [-0.1, -0.05) is 36.4 Å². The summed E-state index contributed by atoms with van der Waals surface area (Å²) in [7, 11) is -3.95. The Morgan fingerprint density at radius 1 is 1.13 bits per heavy atom. The second kappa shape index (κ2) is 9.13. The number of likely N-dealkylation sites (tertiary alicyclic amines) is 1. The van der Waals surface area contributed by atoms with E-state index in [1.165, 1.54) is 28.0 Å². The average molecular weight is 443 g/mol. The highest BCUT2D eigenvalue weighted by atomic mass is 32.2. The lowest BCUT2D eigenvalue weighted by Crippen LogP contribution is -2.40. The smallest absolute Gasteiger partial charge is 0.410 e. The van der Waals surface area contributed by atoms with E-state index in [2.05, 4.69) is 15.5 Å². The van der Waals surface area contributed by atoms with Crippen molar-refractivity contribution in [3.05, 3.63) is 66.5 Å². The van der Waals surface area contributed by atoms with Crippen molar-refractivity contribution in [3.8, 4) is 11.4 Å². The Balaban J connectivity index is 1.38. The lowest BCUT2D eigenvalue weighted by Gasteiger charge is -2.23. The van der Waals surface area contributed by atoms with Crippen molar-refractivity contribution >= 4 is 16.2 Å². The summed E-state index contributed by atoms with van der Waals surface area (Å²) in [4.78, 5) is 14.0. The molecule has 1 amide bonds. The number of amides is 1. The Morgan fingerprint density at radius 3 is 2.74 bits per heavy atom. The highest BCUT2D eigenvalue weighted by Crippen LogP contribution is 2.23. The van der Waals surface area contributed by atoms with Gasteiger partial charge in [-0.25, -0.2) is 9.48 Å². The molecule has 1 aromatic heterocycles. The molecule has 0 radical (unpaired) electrons. The zero-order valence-electron chi connectivity index (χ0n) is 16.6. The summed E-state index contributed by atoms with van der Waals surface area (Å²) in [6, 6.07) is 15.2. The molecular formula is C20H21N5O5S. The third-order valence-electron chi connectivity index (χ3n) is 4.87. The second-order valence-corrected chi connectivity index (χ2v) is 8.70. The molecular weight excluding hydrogens is 422 g/mol. The molecule has 3 aromatic rings. The van der Waals surface area contributed by atoms with Gasteiger partial charge in [0.1, 0.15) is 24.4 Å². The predicted molar refractivity (Wildman–Crippen MR) is 110 cm³/mol. The Hall–Kier alpha value is -3.47. The predicted octanol–water partition coefficient (Wildman–Crippen LogP) is 2.17. The Labute approximate surface area is 179 Å². The van der Waals surface area contributed by atoms with E-state index in [0.717, 1.165) is 5.56 Å². The Bertz CT molecular complexity index is 1120. The Morgan fingerprint density at radius 2 is 1.97 bits per heavy atom. The number of tetrazole rings is 1. The minimum absolute atomic E-state index is 0.135. The van der Waals surface area contributed by atoms with Gasteiger partial charge in [0.2, 0.25) is 0 Å². The summed E-state index contributed by atoms with van der Waals surface area (Å²) in [6.07, 6.45) is 2.14. The van der Waals surface area contributed by atoms with E-state index < -0.39 is 22.3 Å². The van der Waals surface area contributed by atoms with Crippen molar-refractivity contribution in [3.63, 3.8) is 0 Å². The Kier molecular flexibility index (Phi) is 6.12. The van der Waals surface area contributed by atoms with Gasteiger partial charge in [0.25, 0.3) is 0 Å². The molecule has 0 unspecified atom stereocenters. The molecule has 0 N–H and O–H groups in total. The minimum atomic E-state index is -3.95. The standard InChI is InChI=1S/C20H21N5O5S/c26-20(29-13-16-6-2-1-3-7-16)24-11-5-9-18(24)14-31(27,28)30-19-10-4-8-17(12-19)25-15-21-22-23-25/h1-4,6-8,10,12,15,18H,5,9,11,13-14H2/t18-/m0/s1. The number of benzene rings is 2. The van der Waals surface area contributed by atoms with Crippen LogP contribution in [0.15, 0.2) is 60.9 Å².